The van der Waals surface area contributed by atoms with E-state index in [1.54, 1.807) is 117 Å². The van der Waals surface area contributed by atoms with Crippen LogP contribution in [-0.4, -0.2) is 36.0 Å². The first kappa shape index (κ1) is 37.1. The molecule has 0 aliphatic carbocycles. The summed E-state index contributed by atoms with van der Waals surface area (Å²) in [6.45, 7) is 3.55. The second kappa shape index (κ2) is 17.7. The maximum Gasteiger partial charge on any atom is 0.272 e. The van der Waals surface area contributed by atoms with Gasteiger partial charge in [-0.05, 0) is 85.1 Å². The molecule has 1 atom stereocenters. The van der Waals surface area contributed by atoms with Crippen LogP contribution in [0.2, 0.25) is 0 Å². The predicted octanol–water partition coefficient (Wildman–Crippen LogP) is 8.11. The Labute approximate surface area is 309 Å². The summed E-state index contributed by atoms with van der Waals surface area (Å²) in [5, 5.41) is 20.9. The molecular weight excluding hydrogens is 695 g/mol. The van der Waals surface area contributed by atoms with Crippen LogP contribution in [0.3, 0.4) is 0 Å². The fourth-order valence-electron chi connectivity index (χ4n) is 5.00. The molecule has 1 unspecified atom stereocenters. The first-order chi connectivity index (χ1) is 25.2. The molecule has 5 aromatic rings. The highest BCUT2D eigenvalue weighted by Crippen LogP contribution is 2.35. The number of thioether (sulfide) groups is 1. The molecule has 1 heterocycles. The highest BCUT2D eigenvalue weighted by atomic mass is 32.2. The molecule has 4 N–H and O–H groups in total. The van der Waals surface area contributed by atoms with Crippen molar-refractivity contribution in [1.29, 1.82) is 5.26 Å². The summed E-state index contributed by atoms with van der Waals surface area (Å²) >= 11 is 2.35. The summed E-state index contributed by atoms with van der Waals surface area (Å²) in [5.41, 5.74) is 2.88. The second-order valence-corrected chi connectivity index (χ2v) is 13.6. The topological polar surface area (TPSA) is 149 Å². The van der Waals surface area contributed by atoms with Crippen molar-refractivity contribution in [3.63, 3.8) is 0 Å². The lowest BCUT2D eigenvalue weighted by molar-refractivity contribution is -0.116. The van der Waals surface area contributed by atoms with Crippen LogP contribution in [0.5, 0.6) is 5.75 Å². The number of carbonyl (C=O) groups excluding carboxylic acids is 4. The molecule has 1 aromatic heterocycles. The van der Waals surface area contributed by atoms with Gasteiger partial charge in [-0.1, -0.05) is 61.5 Å². The summed E-state index contributed by atoms with van der Waals surface area (Å²) < 4.78 is 5.23. The van der Waals surface area contributed by atoms with Gasteiger partial charge in [0, 0.05) is 21.8 Å². The Balaban J connectivity index is 1.30. The number of carbonyl (C=O) groups is 4. The Bertz CT molecular complexity index is 2140. The number of anilines is 3. The van der Waals surface area contributed by atoms with Crippen molar-refractivity contribution in [2.24, 2.45) is 0 Å². The monoisotopic (exact) mass is 729 g/mol. The van der Waals surface area contributed by atoms with Gasteiger partial charge in [0.15, 0.2) is 0 Å². The number of hydrogen-bond acceptors (Lipinski definition) is 8. The van der Waals surface area contributed by atoms with E-state index in [1.807, 2.05) is 19.1 Å². The fourth-order valence-corrected chi connectivity index (χ4v) is 7.06. The van der Waals surface area contributed by atoms with Crippen molar-refractivity contribution in [3.05, 3.63) is 142 Å². The summed E-state index contributed by atoms with van der Waals surface area (Å²) in [6.07, 6.45) is 2.03. The third kappa shape index (κ3) is 9.54. The standard InChI is InChI=1S/C40H35N5O5S2/c1-4-34(38(48)45-40-32(24-41)25(2)35(52-40)39(49)42-28-14-9-6-10-15-28)51-31-17-11-16-29(23-31)43-37(47)33(22-26-18-20-30(50-3)21-19-26)44-36(46)27-12-7-5-8-13-27/h5-23,34H,4H2,1-3H3,(H,42,49)(H,43,47)(H,44,46)(H,45,48)/b33-22+. The van der Waals surface area contributed by atoms with Gasteiger partial charge in [-0.3, -0.25) is 19.2 Å². The smallest absolute Gasteiger partial charge is 0.272 e. The van der Waals surface area contributed by atoms with Crippen LogP contribution in [0.15, 0.2) is 120 Å². The second-order valence-electron chi connectivity index (χ2n) is 11.3. The van der Waals surface area contributed by atoms with E-state index in [0.717, 1.165) is 11.3 Å². The lowest BCUT2D eigenvalue weighted by Gasteiger charge is -2.15. The predicted molar refractivity (Wildman–Crippen MR) is 207 cm³/mol. The molecular formula is C40H35N5O5S2. The highest BCUT2D eigenvalue weighted by Gasteiger charge is 2.25. The number of benzene rings is 4. The van der Waals surface area contributed by atoms with Crippen molar-refractivity contribution >= 4 is 69.2 Å². The Morgan fingerprint density at radius 1 is 0.846 bits per heavy atom. The average Bonchev–Trinajstić information content (AvgIpc) is 3.48. The maximum absolute atomic E-state index is 13.6. The number of methoxy groups -OCH3 is 1. The third-order valence-corrected chi connectivity index (χ3v) is 10.3. The summed E-state index contributed by atoms with van der Waals surface area (Å²) in [7, 11) is 1.56. The number of nitrogens with zero attached hydrogens (tertiary/aromatic N) is 1. The van der Waals surface area contributed by atoms with Crippen molar-refractivity contribution in [1.82, 2.24) is 5.32 Å². The van der Waals surface area contributed by atoms with Crippen molar-refractivity contribution < 1.29 is 23.9 Å². The molecule has 5 rings (SSSR count). The van der Waals surface area contributed by atoms with Crippen LogP contribution in [0.25, 0.3) is 6.08 Å². The Hall–Kier alpha value is -6.16. The van der Waals surface area contributed by atoms with Crippen molar-refractivity contribution in [3.8, 4) is 11.8 Å². The van der Waals surface area contributed by atoms with E-state index in [9.17, 15) is 24.4 Å². The van der Waals surface area contributed by atoms with Crippen LogP contribution in [0.1, 0.15) is 50.1 Å². The zero-order valence-electron chi connectivity index (χ0n) is 28.6. The minimum Gasteiger partial charge on any atom is -0.497 e. The van der Waals surface area contributed by atoms with Crippen LogP contribution >= 0.6 is 23.1 Å². The van der Waals surface area contributed by atoms with E-state index >= 15 is 0 Å². The molecule has 0 aliphatic rings. The molecule has 0 aliphatic heterocycles. The van der Waals surface area contributed by atoms with Crippen molar-refractivity contribution in [2.75, 3.05) is 23.1 Å². The summed E-state index contributed by atoms with van der Waals surface area (Å²) in [6, 6.07) is 33.8. The lowest BCUT2D eigenvalue weighted by atomic mass is 10.1. The zero-order chi connectivity index (χ0) is 37.0. The molecule has 0 spiro atoms. The number of amides is 4. The molecule has 4 amide bonds. The van der Waals surface area contributed by atoms with E-state index < -0.39 is 17.1 Å². The molecule has 262 valence electrons. The maximum atomic E-state index is 13.6. The van der Waals surface area contributed by atoms with E-state index in [1.165, 1.54) is 11.8 Å². The first-order valence-electron chi connectivity index (χ1n) is 16.2. The lowest BCUT2D eigenvalue weighted by Crippen LogP contribution is -2.30. The van der Waals surface area contributed by atoms with E-state index in [2.05, 4.69) is 27.3 Å². The molecule has 0 radical (unpaired) electrons. The SMILES string of the molecule is CCC(Sc1cccc(NC(=O)/C(=C\c2ccc(OC)cc2)NC(=O)c2ccccc2)c1)C(=O)Nc1sc(C(=O)Nc2ccccc2)c(C)c1C#N. The van der Waals surface area contributed by atoms with Gasteiger partial charge in [0.05, 0.1) is 22.8 Å². The first-order valence-corrected chi connectivity index (χ1v) is 17.9. The van der Waals surface area contributed by atoms with Gasteiger partial charge >= 0.3 is 0 Å². The van der Waals surface area contributed by atoms with Crippen molar-refractivity contribution in [2.45, 2.75) is 30.4 Å². The van der Waals surface area contributed by atoms with Gasteiger partial charge < -0.3 is 26.0 Å². The minimum atomic E-state index is -0.558. The normalized spacial score (nSPS) is 11.5. The number of ether oxygens (including phenoxy) is 1. The van der Waals surface area contributed by atoms with E-state index in [4.69, 9.17) is 4.74 Å². The number of para-hydroxylation sites is 1. The van der Waals surface area contributed by atoms with Gasteiger partial charge in [0.25, 0.3) is 17.7 Å². The largest absolute Gasteiger partial charge is 0.497 e. The summed E-state index contributed by atoms with van der Waals surface area (Å²) in [4.78, 5) is 54.2. The third-order valence-electron chi connectivity index (χ3n) is 7.72. The zero-order valence-corrected chi connectivity index (χ0v) is 30.2. The number of nitriles is 1. The van der Waals surface area contributed by atoms with Gasteiger partial charge in [-0.25, -0.2) is 0 Å². The molecule has 4 aromatic carbocycles. The van der Waals surface area contributed by atoms with Crippen LogP contribution in [0, 0.1) is 18.3 Å². The Morgan fingerprint density at radius 3 is 2.17 bits per heavy atom. The number of rotatable bonds is 13. The number of nitrogens with one attached hydrogen (secondary N) is 4. The van der Waals surface area contributed by atoms with E-state index in [-0.39, 0.29) is 23.1 Å². The summed E-state index contributed by atoms with van der Waals surface area (Å²) in [5.74, 6) is -1.04. The molecule has 0 saturated carbocycles. The minimum absolute atomic E-state index is 0.0271. The van der Waals surface area contributed by atoms with E-state index in [0.29, 0.717) is 55.0 Å². The highest BCUT2D eigenvalue weighted by molar-refractivity contribution is 8.00. The molecule has 0 bridgehead atoms. The molecule has 0 saturated heterocycles. The Kier molecular flexibility index (Phi) is 12.6. The molecule has 0 fully saturated rings. The van der Waals surface area contributed by atoms with Gasteiger partial charge in [-0.2, -0.15) is 5.26 Å². The van der Waals surface area contributed by atoms with Crippen LogP contribution in [0.4, 0.5) is 16.4 Å². The Morgan fingerprint density at radius 2 is 1.52 bits per heavy atom. The number of thiophene rings is 1. The van der Waals surface area contributed by atoms with Gasteiger partial charge in [-0.15, -0.1) is 23.1 Å². The molecule has 52 heavy (non-hydrogen) atoms. The average molecular weight is 730 g/mol. The molecule has 12 heteroatoms. The van der Waals surface area contributed by atoms with Crippen LogP contribution < -0.4 is 26.0 Å². The van der Waals surface area contributed by atoms with Gasteiger partial charge in [0.1, 0.15) is 22.5 Å². The number of hydrogen-bond donors (Lipinski definition) is 4. The quantitative estimate of drug-likeness (QED) is 0.0707. The molecule has 10 nitrogen and oxygen atoms in total. The van der Waals surface area contributed by atoms with Crippen LogP contribution in [-0.2, 0) is 9.59 Å². The fraction of sp³-hybridized carbons (Fsp3) is 0.125. The van der Waals surface area contributed by atoms with Gasteiger partial charge in [0.2, 0.25) is 5.91 Å².